The second kappa shape index (κ2) is 5.83. The number of aromatic amines is 1. The highest BCUT2D eigenvalue weighted by molar-refractivity contribution is 6.02. The molecule has 7 nitrogen and oxygen atoms in total. The summed E-state index contributed by atoms with van der Waals surface area (Å²) in [5, 5.41) is 2.74. The number of amides is 1. The fraction of sp³-hybridized carbons (Fsp3) is 0. The lowest BCUT2D eigenvalue weighted by atomic mass is 10.3. The lowest BCUT2D eigenvalue weighted by Crippen LogP contribution is -2.11. The van der Waals surface area contributed by atoms with Crippen molar-refractivity contribution in [1.82, 2.24) is 19.9 Å². The highest BCUT2D eigenvalue weighted by Gasteiger charge is 2.07. The van der Waals surface area contributed by atoms with Crippen molar-refractivity contribution in [3.8, 4) is 11.8 Å². The Hall–Kier alpha value is -3.22. The molecule has 2 heterocycles. The van der Waals surface area contributed by atoms with Gasteiger partial charge in [-0.2, -0.15) is 0 Å². The number of nitrogens with one attached hydrogen (secondary N) is 2. The molecule has 0 spiro atoms. The van der Waals surface area contributed by atoms with Crippen molar-refractivity contribution in [3.63, 3.8) is 0 Å². The van der Waals surface area contributed by atoms with E-state index in [0.717, 1.165) is 0 Å². The Morgan fingerprint density at radius 2 is 1.90 bits per heavy atom. The average molecular weight is 281 g/mol. The monoisotopic (exact) mass is 281 g/mol. The van der Waals surface area contributed by atoms with Crippen LogP contribution in [0.2, 0.25) is 0 Å². The Balaban J connectivity index is 1.65. The number of benzene rings is 1. The summed E-state index contributed by atoms with van der Waals surface area (Å²) in [6.45, 7) is 0. The van der Waals surface area contributed by atoms with Crippen LogP contribution in [0.1, 0.15) is 10.5 Å². The summed E-state index contributed by atoms with van der Waals surface area (Å²) in [5.41, 5.74) is 1.05. The van der Waals surface area contributed by atoms with Crippen LogP contribution in [0.25, 0.3) is 0 Å². The third-order valence-corrected chi connectivity index (χ3v) is 2.61. The smallest absolute Gasteiger partial charge is 0.321 e. The molecule has 104 valence electrons. The van der Waals surface area contributed by atoms with Gasteiger partial charge < -0.3 is 15.0 Å². The lowest BCUT2D eigenvalue weighted by molar-refractivity contribution is 0.102. The summed E-state index contributed by atoms with van der Waals surface area (Å²) in [5.74, 6) is 0.327. The van der Waals surface area contributed by atoms with Gasteiger partial charge in [-0.15, -0.1) is 0 Å². The fourth-order valence-electron chi connectivity index (χ4n) is 1.63. The first-order valence-corrected chi connectivity index (χ1v) is 6.16. The standard InChI is InChI=1S/C14H11N5O2/c20-13(12-8-15-9-18-12)19-10-2-4-11(5-3-10)21-14-16-6-1-7-17-14/h1-9H,(H,15,18)(H,19,20). The van der Waals surface area contributed by atoms with E-state index in [2.05, 4.69) is 25.3 Å². The van der Waals surface area contributed by atoms with E-state index in [1.807, 2.05) is 0 Å². The molecular formula is C14H11N5O2. The van der Waals surface area contributed by atoms with E-state index >= 15 is 0 Å². The number of H-pyrrole nitrogens is 1. The van der Waals surface area contributed by atoms with Gasteiger partial charge in [0.2, 0.25) is 0 Å². The zero-order chi connectivity index (χ0) is 14.5. The zero-order valence-corrected chi connectivity index (χ0v) is 10.9. The Morgan fingerprint density at radius 3 is 2.57 bits per heavy atom. The van der Waals surface area contributed by atoms with Crippen molar-refractivity contribution in [2.24, 2.45) is 0 Å². The van der Waals surface area contributed by atoms with Crippen LogP contribution < -0.4 is 10.1 Å². The van der Waals surface area contributed by atoms with Crippen molar-refractivity contribution < 1.29 is 9.53 Å². The predicted molar refractivity (Wildman–Crippen MR) is 75.1 cm³/mol. The quantitative estimate of drug-likeness (QED) is 0.765. The molecular weight excluding hydrogens is 270 g/mol. The lowest BCUT2D eigenvalue weighted by Gasteiger charge is -2.06. The normalized spacial score (nSPS) is 10.1. The number of ether oxygens (including phenoxy) is 1. The van der Waals surface area contributed by atoms with E-state index in [1.165, 1.54) is 12.5 Å². The van der Waals surface area contributed by atoms with Crippen molar-refractivity contribution >= 4 is 11.6 Å². The van der Waals surface area contributed by atoms with Crippen LogP contribution in [0, 0.1) is 0 Å². The maximum absolute atomic E-state index is 11.8. The number of aromatic nitrogens is 4. The van der Waals surface area contributed by atoms with E-state index in [1.54, 1.807) is 42.7 Å². The molecule has 2 N–H and O–H groups in total. The highest BCUT2D eigenvalue weighted by atomic mass is 16.5. The Bertz CT molecular complexity index is 711. The minimum Gasteiger partial charge on any atom is -0.424 e. The molecule has 0 saturated heterocycles. The van der Waals surface area contributed by atoms with Crippen LogP contribution in [0.3, 0.4) is 0 Å². The van der Waals surface area contributed by atoms with E-state index in [9.17, 15) is 4.79 Å². The van der Waals surface area contributed by atoms with Gasteiger partial charge in [-0.1, -0.05) is 0 Å². The van der Waals surface area contributed by atoms with Gasteiger partial charge in [-0.25, -0.2) is 15.0 Å². The maximum atomic E-state index is 11.8. The Labute approximate surface area is 120 Å². The van der Waals surface area contributed by atoms with E-state index in [4.69, 9.17) is 4.74 Å². The number of anilines is 1. The molecule has 1 aromatic carbocycles. The zero-order valence-electron chi connectivity index (χ0n) is 10.9. The van der Waals surface area contributed by atoms with Crippen LogP contribution in [0.5, 0.6) is 11.8 Å². The first kappa shape index (κ1) is 12.8. The van der Waals surface area contributed by atoms with E-state index in [-0.39, 0.29) is 11.9 Å². The van der Waals surface area contributed by atoms with E-state index < -0.39 is 0 Å². The molecule has 2 aromatic heterocycles. The first-order valence-electron chi connectivity index (χ1n) is 6.16. The number of imidazole rings is 1. The van der Waals surface area contributed by atoms with Crippen molar-refractivity contribution in [1.29, 1.82) is 0 Å². The molecule has 0 atom stereocenters. The van der Waals surface area contributed by atoms with Gasteiger partial charge in [0.1, 0.15) is 11.4 Å². The predicted octanol–water partition coefficient (Wildman–Crippen LogP) is 2.24. The molecule has 7 heteroatoms. The van der Waals surface area contributed by atoms with Gasteiger partial charge in [-0.3, -0.25) is 4.79 Å². The molecule has 0 unspecified atom stereocenters. The van der Waals surface area contributed by atoms with Crippen LogP contribution in [-0.4, -0.2) is 25.8 Å². The maximum Gasteiger partial charge on any atom is 0.321 e. The van der Waals surface area contributed by atoms with Gasteiger partial charge in [0, 0.05) is 18.1 Å². The van der Waals surface area contributed by atoms with Crippen LogP contribution in [-0.2, 0) is 0 Å². The summed E-state index contributed by atoms with van der Waals surface area (Å²) in [6.07, 6.45) is 6.11. The molecule has 1 amide bonds. The number of rotatable bonds is 4. The number of nitrogens with zero attached hydrogens (tertiary/aromatic N) is 3. The molecule has 0 aliphatic rings. The summed E-state index contributed by atoms with van der Waals surface area (Å²) >= 11 is 0. The summed E-state index contributed by atoms with van der Waals surface area (Å²) in [6, 6.07) is 8.88. The third-order valence-electron chi connectivity index (χ3n) is 2.61. The van der Waals surface area contributed by atoms with Crippen molar-refractivity contribution in [2.75, 3.05) is 5.32 Å². The molecule has 0 aliphatic heterocycles. The van der Waals surface area contributed by atoms with Crippen LogP contribution >= 0.6 is 0 Å². The average Bonchev–Trinajstić information content (AvgIpc) is 3.05. The van der Waals surface area contributed by atoms with Gasteiger partial charge in [0.15, 0.2) is 0 Å². The molecule has 3 rings (SSSR count). The van der Waals surface area contributed by atoms with Gasteiger partial charge in [0.05, 0.1) is 12.5 Å². The van der Waals surface area contributed by atoms with Crippen molar-refractivity contribution in [3.05, 3.63) is 60.9 Å². The minimum atomic E-state index is -0.257. The molecule has 3 aromatic rings. The fourth-order valence-corrected chi connectivity index (χ4v) is 1.63. The van der Waals surface area contributed by atoms with Crippen molar-refractivity contribution in [2.45, 2.75) is 0 Å². The number of carbonyl (C=O) groups excluding carboxylic acids is 1. The molecule has 0 radical (unpaired) electrons. The number of carbonyl (C=O) groups is 1. The second-order valence-corrected chi connectivity index (χ2v) is 4.08. The number of hydrogen-bond acceptors (Lipinski definition) is 5. The minimum absolute atomic E-state index is 0.257. The van der Waals surface area contributed by atoms with Crippen LogP contribution in [0.15, 0.2) is 55.2 Å². The molecule has 0 saturated carbocycles. The molecule has 0 aliphatic carbocycles. The van der Waals surface area contributed by atoms with Gasteiger partial charge >= 0.3 is 6.01 Å². The number of hydrogen-bond donors (Lipinski definition) is 2. The SMILES string of the molecule is O=C(Nc1ccc(Oc2ncccn2)cc1)c1cnc[nH]1. The largest absolute Gasteiger partial charge is 0.424 e. The highest BCUT2D eigenvalue weighted by Crippen LogP contribution is 2.20. The molecule has 21 heavy (non-hydrogen) atoms. The van der Waals surface area contributed by atoms with Gasteiger partial charge in [-0.05, 0) is 30.3 Å². The Kier molecular flexibility index (Phi) is 3.55. The van der Waals surface area contributed by atoms with Crippen LogP contribution in [0.4, 0.5) is 5.69 Å². The third kappa shape index (κ3) is 3.21. The molecule has 0 fully saturated rings. The summed E-state index contributed by atoms with van der Waals surface area (Å²) in [4.78, 5) is 26.3. The first-order chi connectivity index (χ1) is 10.3. The molecule has 0 bridgehead atoms. The second-order valence-electron chi connectivity index (χ2n) is 4.08. The summed E-state index contributed by atoms with van der Waals surface area (Å²) in [7, 11) is 0. The van der Waals surface area contributed by atoms with E-state index in [0.29, 0.717) is 17.1 Å². The topological polar surface area (TPSA) is 92.8 Å². The van der Waals surface area contributed by atoms with Gasteiger partial charge in [0.25, 0.3) is 5.91 Å². The Morgan fingerprint density at radius 1 is 1.14 bits per heavy atom. The summed E-state index contributed by atoms with van der Waals surface area (Å²) < 4.78 is 5.46.